The Balaban J connectivity index is 2.00. The van der Waals surface area contributed by atoms with Gasteiger partial charge in [0.05, 0.1) is 19.8 Å². The van der Waals surface area contributed by atoms with Crippen molar-refractivity contribution < 1.29 is 14.9 Å². The SMILES string of the molecule is COc1cccc(C(O)CN2CCCC[C@@H]2CO)c1. The van der Waals surface area contributed by atoms with E-state index in [0.717, 1.165) is 37.1 Å². The normalized spacial score (nSPS) is 22.2. The van der Waals surface area contributed by atoms with Gasteiger partial charge in [-0.1, -0.05) is 18.6 Å². The van der Waals surface area contributed by atoms with E-state index in [2.05, 4.69) is 4.90 Å². The molecule has 4 nitrogen and oxygen atoms in total. The highest BCUT2D eigenvalue weighted by Crippen LogP contribution is 2.23. The van der Waals surface area contributed by atoms with E-state index in [0.29, 0.717) is 6.54 Å². The second-order valence-corrected chi connectivity index (χ2v) is 5.12. The standard InChI is InChI=1S/C15H23NO3/c1-19-14-7-4-5-12(9-14)15(18)10-16-8-3-2-6-13(16)11-17/h4-5,7,9,13,15,17-18H,2-3,6,8,10-11H2,1H3/t13-,15?/m1/s1. The van der Waals surface area contributed by atoms with Crippen LogP contribution in [0.15, 0.2) is 24.3 Å². The van der Waals surface area contributed by atoms with Gasteiger partial charge in [-0.3, -0.25) is 4.90 Å². The Morgan fingerprint density at radius 3 is 3.00 bits per heavy atom. The molecule has 0 aromatic heterocycles. The number of rotatable bonds is 5. The van der Waals surface area contributed by atoms with Gasteiger partial charge in [-0.05, 0) is 37.1 Å². The van der Waals surface area contributed by atoms with Crippen molar-refractivity contribution in [2.24, 2.45) is 0 Å². The molecule has 1 fully saturated rings. The van der Waals surface area contributed by atoms with Crippen LogP contribution in [-0.2, 0) is 0 Å². The summed E-state index contributed by atoms with van der Waals surface area (Å²) in [6, 6.07) is 7.72. The van der Waals surface area contributed by atoms with Crippen molar-refractivity contribution in [1.82, 2.24) is 4.90 Å². The highest BCUT2D eigenvalue weighted by molar-refractivity contribution is 5.29. The molecule has 1 unspecified atom stereocenters. The van der Waals surface area contributed by atoms with Crippen LogP contribution in [0.25, 0.3) is 0 Å². The largest absolute Gasteiger partial charge is 0.497 e. The van der Waals surface area contributed by atoms with E-state index in [1.807, 2.05) is 24.3 Å². The number of benzene rings is 1. The van der Waals surface area contributed by atoms with Crippen LogP contribution in [0.4, 0.5) is 0 Å². The predicted molar refractivity (Wildman–Crippen MR) is 74.3 cm³/mol. The molecular formula is C15H23NO3. The molecule has 1 aromatic rings. The molecule has 0 amide bonds. The maximum absolute atomic E-state index is 10.3. The third-order valence-corrected chi connectivity index (χ3v) is 3.85. The first-order chi connectivity index (χ1) is 9.24. The minimum Gasteiger partial charge on any atom is -0.497 e. The quantitative estimate of drug-likeness (QED) is 0.848. The Hall–Kier alpha value is -1.10. The van der Waals surface area contributed by atoms with Gasteiger partial charge in [-0.2, -0.15) is 0 Å². The molecule has 1 aliphatic rings. The molecule has 0 spiro atoms. The van der Waals surface area contributed by atoms with E-state index < -0.39 is 6.10 Å². The smallest absolute Gasteiger partial charge is 0.119 e. The van der Waals surface area contributed by atoms with Crippen LogP contribution in [0, 0.1) is 0 Å². The van der Waals surface area contributed by atoms with Crippen LogP contribution in [0.1, 0.15) is 30.9 Å². The molecule has 1 saturated heterocycles. The summed E-state index contributed by atoms with van der Waals surface area (Å²) >= 11 is 0. The van der Waals surface area contributed by atoms with E-state index >= 15 is 0 Å². The monoisotopic (exact) mass is 265 g/mol. The van der Waals surface area contributed by atoms with Crippen molar-refractivity contribution >= 4 is 0 Å². The van der Waals surface area contributed by atoms with Crippen molar-refractivity contribution in [3.63, 3.8) is 0 Å². The lowest BCUT2D eigenvalue weighted by molar-refractivity contribution is 0.0416. The Labute approximate surface area is 114 Å². The summed E-state index contributed by atoms with van der Waals surface area (Å²) in [5, 5.41) is 19.7. The molecule has 0 bridgehead atoms. The van der Waals surface area contributed by atoms with Crippen LogP contribution in [-0.4, -0.2) is 48.0 Å². The summed E-state index contributed by atoms with van der Waals surface area (Å²) in [6.45, 7) is 1.69. The van der Waals surface area contributed by atoms with E-state index in [-0.39, 0.29) is 12.6 Å². The molecule has 1 aromatic carbocycles. The van der Waals surface area contributed by atoms with Gasteiger partial charge in [0.25, 0.3) is 0 Å². The molecule has 106 valence electrons. The molecule has 0 radical (unpaired) electrons. The number of aliphatic hydroxyl groups excluding tert-OH is 2. The molecule has 1 heterocycles. The van der Waals surface area contributed by atoms with Crippen molar-refractivity contribution in [3.05, 3.63) is 29.8 Å². The summed E-state index contributed by atoms with van der Waals surface area (Å²) in [4.78, 5) is 2.19. The molecule has 19 heavy (non-hydrogen) atoms. The topological polar surface area (TPSA) is 52.9 Å². The average molecular weight is 265 g/mol. The summed E-state index contributed by atoms with van der Waals surface area (Å²) < 4.78 is 5.17. The van der Waals surface area contributed by atoms with Crippen molar-refractivity contribution in [1.29, 1.82) is 0 Å². The number of nitrogens with zero attached hydrogens (tertiary/aromatic N) is 1. The van der Waals surface area contributed by atoms with E-state index in [1.54, 1.807) is 7.11 Å². The van der Waals surface area contributed by atoms with Crippen molar-refractivity contribution in [2.75, 3.05) is 26.8 Å². The summed E-state index contributed by atoms with van der Waals surface area (Å²) in [5.41, 5.74) is 0.863. The zero-order chi connectivity index (χ0) is 13.7. The first kappa shape index (κ1) is 14.3. The molecular weight excluding hydrogens is 242 g/mol. The van der Waals surface area contributed by atoms with Crippen LogP contribution in [0.2, 0.25) is 0 Å². The van der Waals surface area contributed by atoms with Gasteiger partial charge in [0.1, 0.15) is 5.75 Å². The second-order valence-electron chi connectivity index (χ2n) is 5.12. The maximum atomic E-state index is 10.3. The number of likely N-dealkylation sites (tertiary alicyclic amines) is 1. The Kier molecular flexibility index (Phi) is 5.19. The minimum atomic E-state index is -0.540. The van der Waals surface area contributed by atoms with Gasteiger partial charge in [0.15, 0.2) is 0 Å². The lowest BCUT2D eigenvalue weighted by Gasteiger charge is -2.35. The molecule has 4 heteroatoms. The summed E-state index contributed by atoms with van der Waals surface area (Å²) in [6.07, 6.45) is 2.78. The van der Waals surface area contributed by atoms with Gasteiger partial charge in [0, 0.05) is 12.6 Å². The van der Waals surface area contributed by atoms with Crippen LogP contribution in [0.3, 0.4) is 0 Å². The highest BCUT2D eigenvalue weighted by atomic mass is 16.5. The lowest BCUT2D eigenvalue weighted by atomic mass is 10.0. The van der Waals surface area contributed by atoms with E-state index in [4.69, 9.17) is 4.74 Å². The third kappa shape index (κ3) is 3.69. The number of hydrogen-bond donors (Lipinski definition) is 2. The number of ether oxygens (including phenoxy) is 1. The van der Waals surface area contributed by atoms with E-state index in [1.165, 1.54) is 0 Å². The summed E-state index contributed by atoms with van der Waals surface area (Å²) in [7, 11) is 1.62. The fourth-order valence-corrected chi connectivity index (χ4v) is 2.68. The van der Waals surface area contributed by atoms with Gasteiger partial charge in [0.2, 0.25) is 0 Å². The third-order valence-electron chi connectivity index (χ3n) is 3.85. The van der Waals surface area contributed by atoms with Gasteiger partial charge < -0.3 is 14.9 Å². The predicted octanol–water partition coefficient (Wildman–Crippen LogP) is 1.58. The Morgan fingerprint density at radius 1 is 1.42 bits per heavy atom. The average Bonchev–Trinajstić information content (AvgIpc) is 2.47. The fraction of sp³-hybridized carbons (Fsp3) is 0.600. The molecule has 1 aliphatic heterocycles. The molecule has 0 aliphatic carbocycles. The zero-order valence-electron chi connectivity index (χ0n) is 11.5. The lowest BCUT2D eigenvalue weighted by Crippen LogP contribution is -2.43. The van der Waals surface area contributed by atoms with Crippen LogP contribution in [0.5, 0.6) is 5.75 Å². The highest BCUT2D eigenvalue weighted by Gasteiger charge is 2.24. The number of aliphatic hydroxyl groups is 2. The number of methoxy groups -OCH3 is 1. The number of piperidine rings is 1. The minimum absolute atomic E-state index is 0.171. The van der Waals surface area contributed by atoms with Crippen molar-refractivity contribution in [2.45, 2.75) is 31.4 Å². The molecule has 2 atom stereocenters. The molecule has 2 rings (SSSR count). The first-order valence-electron chi connectivity index (χ1n) is 6.91. The second kappa shape index (κ2) is 6.89. The maximum Gasteiger partial charge on any atom is 0.119 e. The molecule has 0 saturated carbocycles. The van der Waals surface area contributed by atoms with E-state index in [9.17, 15) is 10.2 Å². The zero-order valence-corrected chi connectivity index (χ0v) is 11.5. The number of β-amino-alcohol motifs (C(OH)–C–C–N with tert-alkyl or cyclic N) is 1. The van der Waals surface area contributed by atoms with Gasteiger partial charge in [-0.15, -0.1) is 0 Å². The van der Waals surface area contributed by atoms with Crippen LogP contribution >= 0.6 is 0 Å². The number of hydrogen-bond acceptors (Lipinski definition) is 4. The first-order valence-corrected chi connectivity index (χ1v) is 6.91. The fourth-order valence-electron chi connectivity index (χ4n) is 2.68. The Bertz CT molecular complexity index is 397. The van der Waals surface area contributed by atoms with Gasteiger partial charge in [-0.25, -0.2) is 0 Å². The van der Waals surface area contributed by atoms with Gasteiger partial charge >= 0.3 is 0 Å². The Morgan fingerprint density at radius 2 is 2.26 bits per heavy atom. The molecule has 2 N–H and O–H groups in total. The van der Waals surface area contributed by atoms with Crippen molar-refractivity contribution in [3.8, 4) is 5.75 Å². The van der Waals surface area contributed by atoms with Crippen LogP contribution < -0.4 is 4.74 Å². The summed E-state index contributed by atoms with van der Waals surface area (Å²) in [5.74, 6) is 0.758.